The fraction of sp³-hybridized carbons (Fsp3) is 0.125. The van der Waals surface area contributed by atoms with Crippen molar-refractivity contribution in [2.24, 2.45) is 0 Å². The third kappa shape index (κ3) is 2.60. The third-order valence-electron chi connectivity index (χ3n) is 3.48. The highest BCUT2D eigenvalue weighted by atomic mass is 32.1. The molecule has 0 aliphatic rings. The topological polar surface area (TPSA) is 68.9 Å². The van der Waals surface area contributed by atoms with Crippen LogP contribution in [0.5, 0.6) is 0 Å². The number of nitrogens with zero attached hydrogens (tertiary/aromatic N) is 3. The highest BCUT2D eigenvalue weighted by Crippen LogP contribution is 2.33. The van der Waals surface area contributed by atoms with Gasteiger partial charge in [-0.25, -0.2) is 4.98 Å². The molecule has 0 saturated heterocycles. The summed E-state index contributed by atoms with van der Waals surface area (Å²) in [5.74, 6) is 0. The van der Waals surface area contributed by atoms with Crippen molar-refractivity contribution in [1.82, 2.24) is 9.97 Å². The molecule has 0 amide bonds. The molecule has 1 aromatic carbocycles. The van der Waals surface area contributed by atoms with E-state index >= 15 is 0 Å². The monoisotopic (exact) mass is 311 g/mol. The van der Waals surface area contributed by atoms with Crippen molar-refractivity contribution in [3.8, 4) is 21.8 Å². The Balaban J connectivity index is 2.06. The lowest BCUT2D eigenvalue weighted by Crippen LogP contribution is -1.91. The van der Waals surface area contributed by atoms with Crippen LogP contribution in [0.3, 0.4) is 0 Å². The van der Waals surface area contributed by atoms with E-state index in [4.69, 9.17) is 0 Å². The second-order valence-corrected chi connectivity index (χ2v) is 5.84. The van der Waals surface area contributed by atoms with Gasteiger partial charge in [0.05, 0.1) is 10.6 Å². The van der Waals surface area contributed by atoms with Gasteiger partial charge < -0.3 is 0 Å². The molecule has 0 fully saturated rings. The highest BCUT2D eigenvalue weighted by Gasteiger charge is 2.14. The first kappa shape index (κ1) is 14.3. The molecule has 0 atom stereocenters. The predicted octanol–water partition coefficient (Wildman–Crippen LogP) is 4.40. The predicted molar refractivity (Wildman–Crippen MR) is 86.9 cm³/mol. The Morgan fingerprint density at radius 2 is 1.91 bits per heavy atom. The van der Waals surface area contributed by atoms with E-state index in [1.54, 1.807) is 24.5 Å². The van der Waals surface area contributed by atoms with Gasteiger partial charge in [0.25, 0.3) is 5.69 Å². The lowest BCUT2D eigenvalue weighted by atomic mass is 10.1. The number of thiazole rings is 1. The average molecular weight is 311 g/mol. The molecular weight excluding hydrogens is 298 g/mol. The minimum Gasteiger partial charge on any atom is -0.264 e. The van der Waals surface area contributed by atoms with Gasteiger partial charge in [0.1, 0.15) is 5.01 Å². The SMILES string of the molecule is Cc1ccncc1-c1csc(-c2cc([N+](=O)[O-])ccc2C)n1. The number of non-ortho nitro benzene ring substituents is 1. The van der Waals surface area contributed by atoms with Gasteiger partial charge in [0.15, 0.2) is 0 Å². The van der Waals surface area contributed by atoms with E-state index < -0.39 is 0 Å². The molecular formula is C16H13N3O2S. The standard InChI is InChI=1S/C16H13N3O2S/c1-10-3-4-12(19(20)21)7-13(10)16-18-15(9-22-16)14-8-17-6-5-11(14)2/h3-9H,1-2H3. The van der Waals surface area contributed by atoms with Crippen LogP contribution in [0.1, 0.15) is 11.1 Å². The molecule has 110 valence electrons. The van der Waals surface area contributed by atoms with Crippen molar-refractivity contribution in [1.29, 1.82) is 0 Å². The molecule has 0 aliphatic carbocycles. The second-order valence-electron chi connectivity index (χ2n) is 4.98. The molecule has 6 heteroatoms. The quantitative estimate of drug-likeness (QED) is 0.531. The number of benzene rings is 1. The first-order valence-electron chi connectivity index (χ1n) is 6.68. The van der Waals surface area contributed by atoms with Gasteiger partial charge in [-0.2, -0.15) is 0 Å². The number of pyridine rings is 1. The zero-order valence-corrected chi connectivity index (χ0v) is 12.9. The number of hydrogen-bond acceptors (Lipinski definition) is 5. The van der Waals surface area contributed by atoms with Crippen LogP contribution < -0.4 is 0 Å². The van der Waals surface area contributed by atoms with Crippen LogP contribution in [-0.4, -0.2) is 14.9 Å². The maximum atomic E-state index is 10.9. The van der Waals surface area contributed by atoms with Gasteiger partial charge in [-0.15, -0.1) is 11.3 Å². The Bertz CT molecular complexity index is 858. The molecule has 0 saturated carbocycles. The maximum Gasteiger partial charge on any atom is 0.270 e. The minimum atomic E-state index is -0.386. The van der Waals surface area contributed by atoms with E-state index in [-0.39, 0.29) is 10.6 Å². The molecule has 2 heterocycles. The van der Waals surface area contributed by atoms with E-state index in [0.717, 1.165) is 33.0 Å². The lowest BCUT2D eigenvalue weighted by molar-refractivity contribution is -0.384. The molecule has 3 aromatic rings. The van der Waals surface area contributed by atoms with E-state index in [9.17, 15) is 10.1 Å². The van der Waals surface area contributed by atoms with Crippen LogP contribution in [0.2, 0.25) is 0 Å². The summed E-state index contributed by atoms with van der Waals surface area (Å²) in [7, 11) is 0. The molecule has 0 radical (unpaired) electrons. The number of rotatable bonds is 3. The van der Waals surface area contributed by atoms with Crippen LogP contribution in [-0.2, 0) is 0 Å². The van der Waals surface area contributed by atoms with Crippen molar-refractivity contribution < 1.29 is 4.92 Å². The molecule has 0 bridgehead atoms. The summed E-state index contributed by atoms with van der Waals surface area (Å²) in [6, 6.07) is 6.78. The van der Waals surface area contributed by atoms with Crippen molar-refractivity contribution in [3.63, 3.8) is 0 Å². The van der Waals surface area contributed by atoms with Gasteiger partial charge in [0.2, 0.25) is 0 Å². The smallest absolute Gasteiger partial charge is 0.264 e. The number of aromatic nitrogens is 2. The summed E-state index contributed by atoms with van der Waals surface area (Å²) in [6.45, 7) is 3.93. The number of aryl methyl sites for hydroxylation is 2. The number of nitro benzene ring substituents is 1. The summed E-state index contributed by atoms with van der Waals surface area (Å²) >= 11 is 1.48. The Kier molecular flexibility index (Phi) is 3.68. The minimum absolute atomic E-state index is 0.0786. The normalized spacial score (nSPS) is 10.6. The molecule has 0 unspecified atom stereocenters. The van der Waals surface area contributed by atoms with Gasteiger partial charge in [-0.05, 0) is 31.0 Å². The molecule has 0 N–H and O–H groups in total. The Morgan fingerprint density at radius 3 is 2.64 bits per heavy atom. The molecule has 0 spiro atoms. The fourth-order valence-electron chi connectivity index (χ4n) is 2.21. The zero-order valence-electron chi connectivity index (χ0n) is 12.1. The molecule has 22 heavy (non-hydrogen) atoms. The Labute approximate surface area is 131 Å². The molecule has 2 aromatic heterocycles. The van der Waals surface area contributed by atoms with E-state index in [1.807, 2.05) is 25.3 Å². The van der Waals surface area contributed by atoms with Crippen LogP contribution in [0.4, 0.5) is 5.69 Å². The maximum absolute atomic E-state index is 10.9. The van der Waals surface area contributed by atoms with Crippen molar-refractivity contribution in [2.75, 3.05) is 0 Å². The summed E-state index contributed by atoms with van der Waals surface area (Å²) in [6.07, 6.45) is 3.53. The largest absolute Gasteiger partial charge is 0.270 e. The van der Waals surface area contributed by atoms with Crippen LogP contribution in [0.25, 0.3) is 21.8 Å². The van der Waals surface area contributed by atoms with E-state index in [2.05, 4.69) is 9.97 Å². The van der Waals surface area contributed by atoms with E-state index in [0.29, 0.717) is 0 Å². The Hall–Kier alpha value is -2.60. The molecule has 0 aliphatic heterocycles. The second kappa shape index (κ2) is 5.65. The van der Waals surface area contributed by atoms with Crippen molar-refractivity contribution in [2.45, 2.75) is 13.8 Å². The van der Waals surface area contributed by atoms with Crippen LogP contribution >= 0.6 is 11.3 Å². The first-order valence-corrected chi connectivity index (χ1v) is 7.56. The summed E-state index contributed by atoms with van der Waals surface area (Å²) in [4.78, 5) is 19.3. The molecule has 3 rings (SSSR count). The first-order chi connectivity index (χ1) is 10.6. The van der Waals surface area contributed by atoms with Crippen molar-refractivity contribution in [3.05, 3.63) is 63.3 Å². The van der Waals surface area contributed by atoms with Gasteiger partial charge in [-0.1, -0.05) is 6.07 Å². The lowest BCUT2D eigenvalue weighted by Gasteiger charge is -2.03. The zero-order chi connectivity index (χ0) is 15.7. The Morgan fingerprint density at radius 1 is 1.14 bits per heavy atom. The third-order valence-corrected chi connectivity index (χ3v) is 4.36. The summed E-state index contributed by atoms with van der Waals surface area (Å²) < 4.78 is 0. The van der Waals surface area contributed by atoms with Gasteiger partial charge in [-0.3, -0.25) is 15.1 Å². The van der Waals surface area contributed by atoms with E-state index in [1.165, 1.54) is 17.4 Å². The van der Waals surface area contributed by atoms with Gasteiger partial charge >= 0.3 is 0 Å². The summed E-state index contributed by atoms with van der Waals surface area (Å²) in [5.41, 5.74) is 4.77. The number of hydrogen-bond donors (Lipinski definition) is 0. The van der Waals surface area contributed by atoms with Gasteiger partial charge in [0, 0.05) is 41.0 Å². The van der Waals surface area contributed by atoms with Crippen molar-refractivity contribution >= 4 is 17.0 Å². The fourth-order valence-corrected chi connectivity index (χ4v) is 3.11. The molecule has 5 nitrogen and oxygen atoms in total. The number of nitro groups is 1. The van der Waals surface area contributed by atoms with Crippen LogP contribution in [0.15, 0.2) is 42.0 Å². The average Bonchev–Trinajstić information content (AvgIpc) is 2.97. The highest BCUT2D eigenvalue weighted by molar-refractivity contribution is 7.13. The summed E-state index contributed by atoms with van der Waals surface area (Å²) in [5, 5.41) is 13.7. The van der Waals surface area contributed by atoms with Crippen LogP contribution in [0, 0.1) is 24.0 Å².